The molecule has 0 unspecified atom stereocenters. The van der Waals surface area contributed by atoms with Crippen molar-refractivity contribution in [2.75, 3.05) is 12.3 Å². The summed E-state index contributed by atoms with van der Waals surface area (Å²) >= 11 is 1.36. The van der Waals surface area contributed by atoms with E-state index < -0.39 is 0 Å². The minimum absolute atomic E-state index is 0.0908. The van der Waals surface area contributed by atoms with Crippen LogP contribution in [0.5, 0.6) is 0 Å². The number of nitrogens with zero attached hydrogens (tertiary/aromatic N) is 1. The van der Waals surface area contributed by atoms with Gasteiger partial charge in [0.1, 0.15) is 9.71 Å². The fraction of sp³-hybridized carbons (Fsp3) is 0.375. The summed E-state index contributed by atoms with van der Waals surface area (Å²) < 4.78 is 0. The van der Waals surface area contributed by atoms with Crippen LogP contribution in [0.3, 0.4) is 0 Å². The molecule has 2 aromatic rings. The van der Waals surface area contributed by atoms with Gasteiger partial charge in [0.05, 0.1) is 5.69 Å². The van der Waals surface area contributed by atoms with Crippen LogP contribution in [0.25, 0.3) is 10.2 Å². The van der Waals surface area contributed by atoms with Gasteiger partial charge in [0, 0.05) is 18.1 Å². The predicted octanol–water partition coefficient (Wildman–Crippen LogP) is 3.50. The van der Waals surface area contributed by atoms with Crippen LogP contribution in [0.1, 0.15) is 41.8 Å². The molecule has 0 fully saturated rings. The highest BCUT2D eigenvalue weighted by Gasteiger charge is 2.16. The van der Waals surface area contributed by atoms with Crippen LogP contribution in [0, 0.1) is 0 Å². The summed E-state index contributed by atoms with van der Waals surface area (Å²) in [6.07, 6.45) is 9.89. The second-order valence-electron chi connectivity index (χ2n) is 5.32. The van der Waals surface area contributed by atoms with Gasteiger partial charge in [-0.3, -0.25) is 4.79 Å². The van der Waals surface area contributed by atoms with E-state index in [-0.39, 0.29) is 5.91 Å². The Labute approximate surface area is 128 Å². The number of anilines is 1. The lowest BCUT2D eigenvalue weighted by Crippen LogP contribution is -2.24. The SMILES string of the molecule is Nc1c(C(=O)NCCC2=CCCCC2)sc2ncccc12. The summed E-state index contributed by atoms with van der Waals surface area (Å²) in [5.74, 6) is -0.0908. The molecular formula is C16H19N3OS. The number of pyridine rings is 1. The summed E-state index contributed by atoms with van der Waals surface area (Å²) in [6, 6.07) is 3.74. The summed E-state index contributed by atoms with van der Waals surface area (Å²) in [6.45, 7) is 0.672. The number of nitrogens with two attached hydrogens (primary N) is 1. The number of nitrogen functional groups attached to an aromatic ring is 1. The molecule has 1 aliphatic rings. The average molecular weight is 301 g/mol. The highest BCUT2D eigenvalue weighted by Crippen LogP contribution is 2.31. The van der Waals surface area contributed by atoms with E-state index in [4.69, 9.17) is 5.73 Å². The van der Waals surface area contributed by atoms with Crippen molar-refractivity contribution in [2.45, 2.75) is 32.1 Å². The van der Waals surface area contributed by atoms with Crippen molar-refractivity contribution in [1.82, 2.24) is 10.3 Å². The van der Waals surface area contributed by atoms with Crippen molar-refractivity contribution in [2.24, 2.45) is 0 Å². The van der Waals surface area contributed by atoms with E-state index in [1.165, 1.54) is 42.6 Å². The van der Waals surface area contributed by atoms with E-state index in [0.717, 1.165) is 16.6 Å². The number of aromatic nitrogens is 1. The smallest absolute Gasteiger partial charge is 0.263 e. The van der Waals surface area contributed by atoms with Crippen molar-refractivity contribution < 1.29 is 4.79 Å². The third kappa shape index (κ3) is 3.08. The van der Waals surface area contributed by atoms with Crippen LogP contribution in [-0.2, 0) is 0 Å². The molecule has 4 nitrogen and oxygen atoms in total. The number of thiophene rings is 1. The minimum atomic E-state index is -0.0908. The van der Waals surface area contributed by atoms with E-state index in [9.17, 15) is 4.79 Å². The second-order valence-corrected chi connectivity index (χ2v) is 6.31. The van der Waals surface area contributed by atoms with Crippen molar-refractivity contribution in [3.8, 4) is 0 Å². The Hall–Kier alpha value is -1.88. The lowest BCUT2D eigenvalue weighted by molar-refractivity contribution is 0.0959. The molecule has 0 saturated carbocycles. The van der Waals surface area contributed by atoms with Crippen molar-refractivity contribution in [3.63, 3.8) is 0 Å². The molecule has 1 amide bonds. The topological polar surface area (TPSA) is 68.0 Å². The first kappa shape index (κ1) is 14.1. The minimum Gasteiger partial charge on any atom is -0.397 e. The molecule has 0 bridgehead atoms. The molecule has 0 spiro atoms. The molecule has 110 valence electrons. The van der Waals surface area contributed by atoms with Gasteiger partial charge < -0.3 is 11.1 Å². The normalized spacial score (nSPS) is 15.0. The van der Waals surface area contributed by atoms with E-state index in [1.54, 1.807) is 6.20 Å². The molecule has 2 aromatic heterocycles. The Morgan fingerprint density at radius 3 is 3.10 bits per heavy atom. The first-order valence-corrected chi connectivity index (χ1v) is 8.16. The summed E-state index contributed by atoms with van der Waals surface area (Å²) in [5, 5.41) is 3.83. The molecule has 3 rings (SSSR count). The number of carbonyl (C=O) groups excluding carboxylic acids is 1. The van der Waals surface area contributed by atoms with Gasteiger partial charge in [-0.05, 0) is 44.2 Å². The lowest BCUT2D eigenvalue weighted by Gasteiger charge is -2.12. The number of hydrogen-bond acceptors (Lipinski definition) is 4. The van der Waals surface area contributed by atoms with Crippen LogP contribution in [-0.4, -0.2) is 17.4 Å². The van der Waals surface area contributed by atoms with Gasteiger partial charge >= 0.3 is 0 Å². The molecule has 2 heterocycles. The zero-order valence-corrected chi connectivity index (χ0v) is 12.7. The Kier molecular flexibility index (Phi) is 4.20. The van der Waals surface area contributed by atoms with Gasteiger partial charge in [-0.15, -0.1) is 11.3 Å². The zero-order valence-electron chi connectivity index (χ0n) is 11.9. The number of nitrogens with one attached hydrogen (secondary N) is 1. The van der Waals surface area contributed by atoms with Gasteiger partial charge in [0.15, 0.2) is 0 Å². The fourth-order valence-corrected chi connectivity index (χ4v) is 3.65. The van der Waals surface area contributed by atoms with Crippen molar-refractivity contribution >= 4 is 33.1 Å². The highest BCUT2D eigenvalue weighted by molar-refractivity contribution is 7.21. The van der Waals surface area contributed by atoms with Crippen LogP contribution < -0.4 is 11.1 Å². The summed E-state index contributed by atoms with van der Waals surface area (Å²) in [7, 11) is 0. The number of hydrogen-bond donors (Lipinski definition) is 2. The molecule has 21 heavy (non-hydrogen) atoms. The van der Waals surface area contributed by atoms with Crippen LogP contribution in [0.15, 0.2) is 30.0 Å². The molecule has 0 aromatic carbocycles. The molecule has 5 heteroatoms. The van der Waals surface area contributed by atoms with Gasteiger partial charge in [-0.25, -0.2) is 4.98 Å². The quantitative estimate of drug-likeness (QED) is 0.849. The van der Waals surface area contributed by atoms with Crippen molar-refractivity contribution in [3.05, 3.63) is 34.9 Å². The first-order chi connectivity index (χ1) is 10.3. The molecular weight excluding hydrogens is 282 g/mol. The Morgan fingerprint density at radius 1 is 1.43 bits per heavy atom. The highest BCUT2D eigenvalue weighted by atomic mass is 32.1. The largest absolute Gasteiger partial charge is 0.397 e. The molecule has 1 aliphatic carbocycles. The Balaban J connectivity index is 1.64. The Bertz CT molecular complexity index is 690. The van der Waals surface area contributed by atoms with Gasteiger partial charge in [0.2, 0.25) is 0 Å². The van der Waals surface area contributed by atoms with Gasteiger partial charge in [-0.2, -0.15) is 0 Å². The number of fused-ring (bicyclic) bond motifs is 1. The Morgan fingerprint density at radius 2 is 2.33 bits per heavy atom. The maximum Gasteiger partial charge on any atom is 0.263 e. The molecule has 0 radical (unpaired) electrons. The molecule has 0 saturated heterocycles. The van der Waals surface area contributed by atoms with Gasteiger partial charge in [0.25, 0.3) is 5.91 Å². The molecule has 0 atom stereocenters. The zero-order chi connectivity index (χ0) is 14.7. The predicted molar refractivity (Wildman–Crippen MR) is 87.5 cm³/mol. The first-order valence-electron chi connectivity index (χ1n) is 7.35. The number of carbonyl (C=O) groups is 1. The summed E-state index contributed by atoms with van der Waals surface area (Å²) in [5.41, 5.74) is 8.06. The van der Waals surface area contributed by atoms with Crippen LogP contribution in [0.2, 0.25) is 0 Å². The third-order valence-electron chi connectivity index (χ3n) is 3.83. The van der Waals surface area contributed by atoms with Gasteiger partial charge in [-0.1, -0.05) is 11.6 Å². The van der Waals surface area contributed by atoms with E-state index in [0.29, 0.717) is 17.1 Å². The van der Waals surface area contributed by atoms with E-state index >= 15 is 0 Å². The second kappa shape index (κ2) is 6.26. The monoisotopic (exact) mass is 301 g/mol. The molecule has 0 aliphatic heterocycles. The van der Waals surface area contributed by atoms with Crippen LogP contribution >= 0.6 is 11.3 Å². The number of allylic oxidation sites excluding steroid dienone is 1. The summed E-state index contributed by atoms with van der Waals surface area (Å²) in [4.78, 5) is 17.9. The van der Waals surface area contributed by atoms with E-state index in [1.807, 2.05) is 12.1 Å². The standard InChI is InChI=1S/C16H19N3OS/c17-13-12-7-4-9-19-16(12)21-14(13)15(20)18-10-8-11-5-2-1-3-6-11/h4-5,7,9H,1-3,6,8,10,17H2,(H,18,20). The number of amides is 1. The maximum absolute atomic E-state index is 12.2. The average Bonchev–Trinajstić information content (AvgIpc) is 2.86. The van der Waals surface area contributed by atoms with E-state index in [2.05, 4.69) is 16.4 Å². The third-order valence-corrected chi connectivity index (χ3v) is 4.96. The fourth-order valence-electron chi connectivity index (χ4n) is 2.67. The molecule has 3 N–H and O–H groups in total. The maximum atomic E-state index is 12.2. The lowest BCUT2D eigenvalue weighted by atomic mass is 9.97. The van der Waals surface area contributed by atoms with Crippen LogP contribution in [0.4, 0.5) is 5.69 Å². The number of rotatable bonds is 4. The van der Waals surface area contributed by atoms with Crippen molar-refractivity contribution in [1.29, 1.82) is 0 Å².